The standard InChI is InChI=1S/C17H25N3O/c1-10(2)21-12-9-7-8-11-13(12)19-15(18)20(11)14-16(3,4)17(14,5)6/h7-10,14H,1-6H3,(H2,18,19). The van der Waals surface area contributed by atoms with Crippen LogP contribution >= 0.6 is 0 Å². The Bertz CT molecular complexity index is 683. The lowest BCUT2D eigenvalue weighted by molar-refractivity contribution is 0.245. The van der Waals surface area contributed by atoms with E-state index in [1.54, 1.807) is 0 Å². The first kappa shape index (κ1) is 14.2. The van der Waals surface area contributed by atoms with Gasteiger partial charge in [0.1, 0.15) is 11.3 Å². The van der Waals surface area contributed by atoms with Crippen LogP contribution in [-0.4, -0.2) is 15.7 Å². The third kappa shape index (κ3) is 1.84. The van der Waals surface area contributed by atoms with Crippen LogP contribution in [0.25, 0.3) is 11.0 Å². The Balaban J connectivity index is 2.16. The Hall–Kier alpha value is -1.71. The number of fused-ring (bicyclic) bond motifs is 1. The number of benzene rings is 1. The van der Waals surface area contributed by atoms with Gasteiger partial charge in [-0.15, -0.1) is 0 Å². The summed E-state index contributed by atoms with van der Waals surface area (Å²) >= 11 is 0. The Kier molecular flexibility index (Phi) is 2.81. The number of nitrogen functional groups attached to an aromatic ring is 1. The summed E-state index contributed by atoms with van der Waals surface area (Å²) in [6.45, 7) is 13.2. The average molecular weight is 287 g/mol. The topological polar surface area (TPSA) is 53.1 Å². The Morgan fingerprint density at radius 3 is 2.33 bits per heavy atom. The maximum atomic E-state index is 6.23. The SMILES string of the molecule is CC(C)Oc1cccc2c1nc(N)n2C1C(C)(C)C1(C)C. The highest BCUT2D eigenvalue weighted by molar-refractivity contribution is 5.85. The van der Waals surface area contributed by atoms with Gasteiger partial charge in [-0.2, -0.15) is 0 Å². The summed E-state index contributed by atoms with van der Waals surface area (Å²) in [6, 6.07) is 6.42. The van der Waals surface area contributed by atoms with E-state index in [-0.39, 0.29) is 16.9 Å². The lowest BCUT2D eigenvalue weighted by Gasteiger charge is -2.11. The lowest BCUT2D eigenvalue weighted by atomic mass is 10.0. The summed E-state index contributed by atoms with van der Waals surface area (Å²) in [7, 11) is 0. The first-order valence-corrected chi connectivity index (χ1v) is 7.61. The van der Waals surface area contributed by atoms with Gasteiger partial charge in [-0.25, -0.2) is 4.98 Å². The van der Waals surface area contributed by atoms with Gasteiger partial charge in [0.25, 0.3) is 0 Å². The first-order chi connectivity index (χ1) is 9.68. The van der Waals surface area contributed by atoms with Gasteiger partial charge in [0.2, 0.25) is 5.95 Å². The first-order valence-electron chi connectivity index (χ1n) is 7.61. The molecule has 4 heteroatoms. The predicted molar refractivity (Wildman–Crippen MR) is 86.5 cm³/mol. The highest BCUT2D eigenvalue weighted by Gasteiger charge is 2.66. The molecule has 1 aliphatic carbocycles. The summed E-state index contributed by atoms with van der Waals surface area (Å²) in [5.41, 5.74) is 8.58. The molecule has 0 saturated heterocycles. The van der Waals surface area contributed by atoms with Crippen LogP contribution in [0.15, 0.2) is 18.2 Å². The van der Waals surface area contributed by atoms with E-state index in [1.807, 2.05) is 26.0 Å². The average Bonchev–Trinajstić information content (AvgIpc) is 2.65. The largest absolute Gasteiger partial charge is 0.489 e. The molecule has 1 aromatic heterocycles. The monoisotopic (exact) mass is 287 g/mol. The maximum Gasteiger partial charge on any atom is 0.201 e. The van der Waals surface area contributed by atoms with Crippen LogP contribution in [0.5, 0.6) is 5.75 Å². The van der Waals surface area contributed by atoms with E-state index in [9.17, 15) is 0 Å². The highest BCUT2D eigenvalue weighted by Crippen LogP contribution is 2.72. The number of nitrogens with zero attached hydrogens (tertiary/aromatic N) is 2. The summed E-state index contributed by atoms with van der Waals surface area (Å²) < 4.78 is 8.05. The molecule has 1 fully saturated rings. The van der Waals surface area contributed by atoms with E-state index in [4.69, 9.17) is 10.5 Å². The van der Waals surface area contributed by atoms with Crippen molar-refractivity contribution in [1.82, 2.24) is 9.55 Å². The van der Waals surface area contributed by atoms with Crippen molar-refractivity contribution in [2.45, 2.75) is 53.7 Å². The van der Waals surface area contributed by atoms with Crippen molar-refractivity contribution in [1.29, 1.82) is 0 Å². The second-order valence-electron chi connectivity index (χ2n) is 7.48. The van der Waals surface area contributed by atoms with Gasteiger partial charge in [-0.1, -0.05) is 33.8 Å². The molecule has 1 aliphatic rings. The van der Waals surface area contributed by atoms with Crippen molar-refractivity contribution >= 4 is 17.0 Å². The zero-order valence-corrected chi connectivity index (χ0v) is 13.8. The second-order valence-corrected chi connectivity index (χ2v) is 7.48. The molecule has 0 aliphatic heterocycles. The number of ether oxygens (including phenoxy) is 1. The number of rotatable bonds is 3. The number of nitrogens with two attached hydrogens (primary N) is 1. The Morgan fingerprint density at radius 2 is 1.81 bits per heavy atom. The molecule has 1 aromatic carbocycles. The van der Waals surface area contributed by atoms with Crippen LogP contribution in [-0.2, 0) is 0 Å². The third-order valence-corrected chi connectivity index (χ3v) is 5.28. The number of aromatic nitrogens is 2. The van der Waals surface area contributed by atoms with Gasteiger partial charge in [-0.3, -0.25) is 0 Å². The quantitative estimate of drug-likeness (QED) is 0.928. The van der Waals surface area contributed by atoms with Gasteiger partial charge in [0, 0.05) is 6.04 Å². The number of hydrogen-bond donors (Lipinski definition) is 1. The minimum atomic E-state index is 0.121. The summed E-state index contributed by atoms with van der Waals surface area (Å²) in [5, 5.41) is 0. The molecule has 0 bridgehead atoms. The second kappa shape index (κ2) is 4.15. The predicted octanol–water partition coefficient (Wildman–Crippen LogP) is 4.01. The fraction of sp³-hybridized carbons (Fsp3) is 0.588. The molecular formula is C17H25N3O. The molecule has 1 heterocycles. The van der Waals surface area contributed by atoms with Crippen molar-refractivity contribution < 1.29 is 4.74 Å². The summed E-state index contributed by atoms with van der Waals surface area (Å²) in [5.74, 6) is 1.39. The Labute approximate surface area is 126 Å². The van der Waals surface area contributed by atoms with E-state index < -0.39 is 0 Å². The summed E-state index contributed by atoms with van der Waals surface area (Å²) in [6.07, 6.45) is 0.121. The van der Waals surface area contributed by atoms with Crippen LogP contribution in [0, 0.1) is 10.8 Å². The van der Waals surface area contributed by atoms with Gasteiger partial charge in [0.05, 0.1) is 11.6 Å². The molecule has 1 saturated carbocycles. The molecule has 114 valence electrons. The number of anilines is 1. The molecule has 0 amide bonds. The fourth-order valence-electron chi connectivity index (χ4n) is 3.54. The molecule has 0 spiro atoms. The van der Waals surface area contributed by atoms with Gasteiger partial charge in [-0.05, 0) is 36.8 Å². The van der Waals surface area contributed by atoms with Crippen molar-refractivity contribution in [2.24, 2.45) is 10.8 Å². The summed E-state index contributed by atoms with van der Waals surface area (Å²) in [4.78, 5) is 4.57. The number of para-hydroxylation sites is 1. The molecule has 0 unspecified atom stereocenters. The van der Waals surface area contributed by atoms with Crippen molar-refractivity contribution in [2.75, 3.05) is 5.73 Å². The molecule has 0 radical (unpaired) electrons. The van der Waals surface area contributed by atoms with Crippen LogP contribution in [0.1, 0.15) is 47.6 Å². The van der Waals surface area contributed by atoms with Gasteiger partial charge in [0.15, 0.2) is 0 Å². The van der Waals surface area contributed by atoms with Crippen molar-refractivity contribution in [3.63, 3.8) is 0 Å². The van der Waals surface area contributed by atoms with Crippen LogP contribution in [0.4, 0.5) is 5.95 Å². The van der Waals surface area contributed by atoms with Crippen LogP contribution in [0.3, 0.4) is 0 Å². The minimum absolute atomic E-state index is 0.121. The van der Waals surface area contributed by atoms with E-state index in [0.717, 1.165) is 16.8 Å². The zero-order chi connectivity index (χ0) is 15.6. The van der Waals surface area contributed by atoms with Crippen LogP contribution in [0.2, 0.25) is 0 Å². The highest BCUT2D eigenvalue weighted by atomic mass is 16.5. The van der Waals surface area contributed by atoms with E-state index >= 15 is 0 Å². The molecule has 4 nitrogen and oxygen atoms in total. The zero-order valence-electron chi connectivity index (χ0n) is 13.8. The van der Waals surface area contributed by atoms with Crippen molar-refractivity contribution in [3.8, 4) is 5.75 Å². The molecule has 3 rings (SSSR count). The Morgan fingerprint density at radius 1 is 1.19 bits per heavy atom. The molecule has 2 aromatic rings. The molecule has 0 atom stereocenters. The van der Waals surface area contributed by atoms with E-state index in [0.29, 0.717) is 12.0 Å². The number of hydrogen-bond acceptors (Lipinski definition) is 3. The van der Waals surface area contributed by atoms with Gasteiger partial charge < -0.3 is 15.0 Å². The van der Waals surface area contributed by atoms with E-state index in [1.165, 1.54) is 0 Å². The van der Waals surface area contributed by atoms with Crippen molar-refractivity contribution in [3.05, 3.63) is 18.2 Å². The lowest BCUT2D eigenvalue weighted by Crippen LogP contribution is -2.06. The van der Waals surface area contributed by atoms with Gasteiger partial charge >= 0.3 is 0 Å². The smallest absolute Gasteiger partial charge is 0.201 e. The maximum absolute atomic E-state index is 6.23. The molecule has 2 N–H and O–H groups in total. The fourth-order valence-corrected chi connectivity index (χ4v) is 3.54. The van der Waals surface area contributed by atoms with Crippen LogP contribution < -0.4 is 10.5 Å². The third-order valence-electron chi connectivity index (χ3n) is 5.28. The normalized spacial score (nSPS) is 20.1. The number of imidazole rings is 1. The molecular weight excluding hydrogens is 262 g/mol. The minimum Gasteiger partial charge on any atom is -0.489 e. The van der Waals surface area contributed by atoms with E-state index in [2.05, 4.69) is 43.3 Å². The molecule has 21 heavy (non-hydrogen) atoms.